The summed E-state index contributed by atoms with van der Waals surface area (Å²) in [5.41, 5.74) is 9.84. The zero-order valence-corrected chi connectivity index (χ0v) is 32.8. The van der Waals surface area contributed by atoms with E-state index in [0.717, 1.165) is 49.3 Å². The molecule has 2 heterocycles. The number of benzene rings is 4. The Labute approximate surface area is 338 Å². The first-order valence-corrected chi connectivity index (χ1v) is 20.4. The van der Waals surface area contributed by atoms with E-state index >= 15 is 0 Å². The molecule has 2 aliphatic rings. The molecule has 0 unspecified atom stereocenters. The fraction of sp³-hybridized carbons (Fsp3) is 0.227. The lowest BCUT2D eigenvalue weighted by Gasteiger charge is -2.32. The zero-order chi connectivity index (χ0) is 41.0. The van der Waals surface area contributed by atoms with Gasteiger partial charge in [-0.1, -0.05) is 97.8 Å². The standard InChI is InChI=1S/C37H41N7O2.C7H6O4S/c38-43-34-16-14-31(24-42-34)35(45)40-19-6-20-41-36(44-39)37(17-4-5-18-37)32-15-13-30-22-27(25-46-33(30)23-32)21-26-9-11-29(12-10-26)28-7-2-1-3-8-28;8-5-6-3-1-2-4-7(6)12(9,10)11/h1-3,7-16,22-24H,4-6,17-21,25,38-39H2,(H,40,45)(H,41,44)(H,42,43);1-5H,(H,9,10,11). The number of pyridine rings is 1. The van der Waals surface area contributed by atoms with Gasteiger partial charge in [0.1, 0.15) is 28.9 Å². The van der Waals surface area contributed by atoms with E-state index in [1.54, 1.807) is 12.1 Å². The number of nitrogens with zero attached hydrogens (tertiary/aromatic N) is 2. The third-order valence-corrected chi connectivity index (χ3v) is 11.2. The number of fused-ring (bicyclic) bond motifs is 1. The van der Waals surface area contributed by atoms with Gasteiger partial charge in [-0.15, -0.1) is 0 Å². The number of hydrogen-bond donors (Lipinski definition) is 6. The monoisotopic (exact) mass is 801 g/mol. The number of carbonyl (C=O) groups is 2. The highest BCUT2D eigenvalue weighted by Crippen LogP contribution is 2.44. The highest BCUT2D eigenvalue weighted by Gasteiger charge is 2.41. The molecule has 0 atom stereocenters. The number of carbonyl (C=O) groups excluding carboxylic acids is 2. The van der Waals surface area contributed by atoms with Crippen molar-refractivity contribution in [2.45, 2.75) is 48.8 Å². The minimum Gasteiger partial charge on any atom is -0.489 e. The van der Waals surface area contributed by atoms with Crippen molar-refractivity contribution in [2.75, 3.05) is 25.1 Å². The number of hydrogen-bond acceptors (Lipinski definition) is 10. The predicted molar refractivity (Wildman–Crippen MR) is 226 cm³/mol. The summed E-state index contributed by atoms with van der Waals surface area (Å²) in [6.45, 7) is 1.70. The Morgan fingerprint density at radius 3 is 2.26 bits per heavy atom. The van der Waals surface area contributed by atoms with Crippen molar-refractivity contribution in [3.63, 3.8) is 0 Å². The van der Waals surface area contributed by atoms with Gasteiger partial charge in [0.25, 0.3) is 16.0 Å². The summed E-state index contributed by atoms with van der Waals surface area (Å²) < 4.78 is 36.2. The minimum absolute atomic E-state index is 0.0417. The molecule has 1 fully saturated rings. The summed E-state index contributed by atoms with van der Waals surface area (Å²) >= 11 is 0. The van der Waals surface area contributed by atoms with Crippen LogP contribution in [0.1, 0.15) is 69.5 Å². The summed E-state index contributed by atoms with van der Waals surface area (Å²) in [6.07, 6.45) is 9.84. The van der Waals surface area contributed by atoms with Gasteiger partial charge >= 0.3 is 0 Å². The Hall–Kier alpha value is -6.35. The molecule has 300 valence electrons. The first-order chi connectivity index (χ1) is 28.1. The number of amides is 1. The fourth-order valence-electron chi connectivity index (χ4n) is 7.32. The van der Waals surface area contributed by atoms with Crippen LogP contribution in [0.25, 0.3) is 17.2 Å². The van der Waals surface area contributed by atoms with Crippen LogP contribution in [0.4, 0.5) is 5.82 Å². The van der Waals surface area contributed by atoms with Crippen LogP contribution in [0.15, 0.2) is 131 Å². The number of rotatable bonds is 13. The number of nitrogens with one attached hydrogen (secondary N) is 3. The van der Waals surface area contributed by atoms with Crippen molar-refractivity contribution in [1.82, 2.24) is 15.6 Å². The van der Waals surface area contributed by atoms with E-state index in [0.29, 0.717) is 43.8 Å². The molecule has 13 nitrogen and oxygen atoms in total. The molecule has 0 bridgehead atoms. The summed E-state index contributed by atoms with van der Waals surface area (Å²) in [6, 6.07) is 34.5. The van der Waals surface area contributed by atoms with Gasteiger partial charge in [0, 0.05) is 30.4 Å². The Kier molecular flexibility index (Phi) is 13.7. The van der Waals surface area contributed by atoms with Gasteiger partial charge in [0.2, 0.25) is 0 Å². The van der Waals surface area contributed by atoms with E-state index in [2.05, 4.69) is 99.0 Å². The van der Waals surface area contributed by atoms with Gasteiger partial charge in [-0.2, -0.15) is 13.5 Å². The molecule has 4 aromatic carbocycles. The normalized spacial score (nSPS) is 14.4. The summed E-state index contributed by atoms with van der Waals surface area (Å²) in [4.78, 5) is 26.5. The Bertz CT molecular complexity index is 2360. The summed E-state index contributed by atoms with van der Waals surface area (Å²) in [5, 5.41) is 10.7. The maximum absolute atomic E-state index is 12.5. The van der Waals surface area contributed by atoms with Crippen molar-refractivity contribution in [2.24, 2.45) is 16.8 Å². The topological polar surface area (TPSA) is 211 Å². The highest BCUT2D eigenvalue weighted by molar-refractivity contribution is 7.86. The molecule has 1 aromatic heterocycles. The third-order valence-electron chi connectivity index (χ3n) is 10.3. The van der Waals surface area contributed by atoms with Crippen LogP contribution in [0.5, 0.6) is 5.75 Å². The van der Waals surface area contributed by atoms with E-state index in [4.69, 9.17) is 21.0 Å². The van der Waals surface area contributed by atoms with Crippen molar-refractivity contribution in [3.8, 4) is 16.9 Å². The lowest BCUT2D eigenvalue weighted by molar-refractivity contribution is 0.0952. The molecule has 1 aliphatic heterocycles. The first-order valence-electron chi connectivity index (χ1n) is 19.0. The quantitative estimate of drug-likeness (QED) is 0.0148. The molecule has 0 saturated heterocycles. The van der Waals surface area contributed by atoms with Gasteiger partial charge in [-0.3, -0.25) is 14.1 Å². The van der Waals surface area contributed by atoms with Gasteiger partial charge < -0.3 is 26.6 Å². The molecular weight excluding hydrogens is 755 g/mol. The third kappa shape index (κ3) is 10.1. The second-order valence-electron chi connectivity index (χ2n) is 14.1. The lowest BCUT2D eigenvalue weighted by atomic mass is 9.77. The predicted octanol–water partition coefficient (Wildman–Crippen LogP) is 6.29. The van der Waals surface area contributed by atoms with Gasteiger partial charge in [0.05, 0.1) is 11.0 Å². The second-order valence-corrected chi connectivity index (χ2v) is 15.5. The number of hydrazone groups is 1. The van der Waals surface area contributed by atoms with Gasteiger partial charge in [-0.05, 0) is 83.9 Å². The van der Waals surface area contributed by atoms with Crippen LogP contribution in [0, 0.1) is 0 Å². The van der Waals surface area contributed by atoms with Crippen LogP contribution in [0.2, 0.25) is 0 Å². The van der Waals surface area contributed by atoms with Crippen molar-refractivity contribution < 1.29 is 27.3 Å². The number of aldehydes is 1. The van der Waals surface area contributed by atoms with Crippen molar-refractivity contribution >= 4 is 40.0 Å². The molecule has 1 amide bonds. The van der Waals surface area contributed by atoms with Crippen LogP contribution in [-0.2, 0) is 22.0 Å². The molecule has 0 radical (unpaired) electrons. The molecule has 1 aliphatic carbocycles. The lowest BCUT2D eigenvalue weighted by Crippen LogP contribution is -2.44. The second kappa shape index (κ2) is 19.2. The maximum atomic E-state index is 12.5. The molecule has 1 saturated carbocycles. The number of ether oxygens (including phenoxy) is 1. The zero-order valence-electron chi connectivity index (χ0n) is 31.9. The van der Waals surface area contributed by atoms with Crippen LogP contribution in [0.3, 0.4) is 0 Å². The molecule has 5 aromatic rings. The van der Waals surface area contributed by atoms with E-state index < -0.39 is 10.1 Å². The molecular formula is C44H47N7O6S. The largest absolute Gasteiger partial charge is 0.489 e. The van der Waals surface area contributed by atoms with E-state index in [1.165, 1.54) is 58.3 Å². The van der Waals surface area contributed by atoms with Crippen LogP contribution >= 0.6 is 0 Å². The average molecular weight is 802 g/mol. The molecule has 0 spiro atoms. The van der Waals surface area contributed by atoms with Crippen LogP contribution in [-0.4, -0.2) is 55.7 Å². The highest BCUT2D eigenvalue weighted by atomic mass is 32.2. The number of nitrogens with two attached hydrogens (primary N) is 2. The number of hydrazine groups is 1. The molecule has 7 rings (SSSR count). The summed E-state index contributed by atoms with van der Waals surface area (Å²) in [5.74, 6) is 13.4. The number of aromatic nitrogens is 1. The first kappa shape index (κ1) is 41.3. The van der Waals surface area contributed by atoms with Crippen LogP contribution < -0.4 is 32.5 Å². The minimum atomic E-state index is -4.28. The smallest absolute Gasteiger partial charge is 0.295 e. The average Bonchev–Trinajstić information content (AvgIpc) is 3.76. The van der Waals surface area contributed by atoms with E-state index in [9.17, 15) is 18.0 Å². The Morgan fingerprint density at radius 2 is 1.60 bits per heavy atom. The van der Waals surface area contributed by atoms with Crippen molar-refractivity contribution in [1.29, 1.82) is 0 Å². The number of amidine groups is 1. The Balaban J connectivity index is 0.000000406. The molecule has 14 heteroatoms. The molecule has 58 heavy (non-hydrogen) atoms. The maximum Gasteiger partial charge on any atom is 0.295 e. The summed E-state index contributed by atoms with van der Waals surface area (Å²) in [7, 11) is -4.28. The van der Waals surface area contributed by atoms with Gasteiger partial charge in [0.15, 0.2) is 6.29 Å². The number of nitrogen functional groups attached to an aromatic ring is 1. The fourth-order valence-corrected chi connectivity index (χ4v) is 7.99. The Morgan fingerprint density at radius 1 is 0.897 bits per heavy atom. The van der Waals surface area contributed by atoms with Gasteiger partial charge in [-0.25, -0.2) is 10.8 Å². The van der Waals surface area contributed by atoms with Crippen molar-refractivity contribution in [3.05, 3.63) is 149 Å². The number of anilines is 1. The SMILES string of the molecule is NN=C(NCCCNC(=O)c1ccc(NN)nc1)C1(c2ccc3c(c2)OCC(Cc2ccc(-c4ccccc4)cc2)=C3)CCCC1.O=Cc1ccccc1S(=O)(=O)O. The van der Waals surface area contributed by atoms with E-state index in [-0.39, 0.29) is 21.8 Å². The molecule has 8 N–H and O–H groups in total. The van der Waals surface area contributed by atoms with E-state index in [1.807, 2.05) is 6.07 Å².